The van der Waals surface area contributed by atoms with E-state index < -0.39 is 29.2 Å². The number of aromatic nitrogens is 2. The number of nitrogens with one attached hydrogen (secondary N) is 1. The number of thiazole rings is 1. The lowest BCUT2D eigenvalue weighted by Gasteiger charge is -2.50. The molecule has 0 aliphatic carbocycles. The van der Waals surface area contributed by atoms with Gasteiger partial charge in [-0.25, -0.2) is 4.98 Å². The number of pyridine rings is 1. The number of fused-ring (bicyclic) bond motifs is 2. The Kier molecular flexibility index (Phi) is 5.90. The molecule has 3 N–H and O–H groups in total. The quantitative estimate of drug-likeness (QED) is 0.178. The van der Waals surface area contributed by atoms with Crippen molar-refractivity contribution in [1.82, 2.24) is 15.2 Å². The summed E-state index contributed by atoms with van der Waals surface area (Å²) in [7, 11) is 1.27. The van der Waals surface area contributed by atoms with Gasteiger partial charge in [0.1, 0.15) is 24.2 Å². The molecule has 0 spiro atoms. The lowest BCUT2D eigenvalue weighted by atomic mass is 10.0. The van der Waals surface area contributed by atoms with Crippen LogP contribution in [0.5, 0.6) is 0 Å². The molecule has 0 bridgehead atoms. The van der Waals surface area contributed by atoms with E-state index >= 15 is 0 Å². The van der Waals surface area contributed by atoms with Gasteiger partial charge in [0.05, 0.1) is 17.9 Å². The molecule has 35 heavy (non-hydrogen) atoms. The van der Waals surface area contributed by atoms with E-state index in [1.54, 1.807) is 36.0 Å². The van der Waals surface area contributed by atoms with Crippen LogP contribution in [-0.2, 0) is 25.8 Å². The fourth-order valence-electron chi connectivity index (χ4n) is 4.03. The predicted octanol–water partition coefficient (Wildman–Crippen LogP) is -0.786. The summed E-state index contributed by atoms with van der Waals surface area (Å²) in [6.07, 6.45) is 3.35. The van der Waals surface area contributed by atoms with Gasteiger partial charge in [0.15, 0.2) is 29.2 Å². The second kappa shape index (κ2) is 9.03. The molecule has 0 radical (unpaired) electrons. The maximum atomic E-state index is 13.0. The summed E-state index contributed by atoms with van der Waals surface area (Å²) < 4.78 is 7.25. The Bertz CT molecular complexity index is 1410. The Hall–Kier alpha value is -3.91. The number of nitrogens with zero attached hydrogens (tertiary/aromatic N) is 4. The summed E-state index contributed by atoms with van der Waals surface area (Å²) in [6.45, 7) is 0.233. The van der Waals surface area contributed by atoms with Crippen LogP contribution in [0.4, 0.5) is 5.13 Å². The molecule has 12 nitrogen and oxygen atoms in total. The molecule has 1 unspecified atom stereocenters. The number of rotatable bonds is 7. The highest BCUT2D eigenvalue weighted by Gasteiger charge is 2.53. The molecule has 180 valence electrons. The van der Waals surface area contributed by atoms with Crippen LogP contribution in [0.25, 0.3) is 11.1 Å². The first-order valence-corrected chi connectivity index (χ1v) is 12.2. The van der Waals surface area contributed by atoms with Gasteiger partial charge in [-0.05, 0) is 6.07 Å². The summed E-state index contributed by atoms with van der Waals surface area (Å²) in [4.78, 5) is 47.8. The number of thioether (sulfide) groups is 1. The maximum absolute atomic E-state index is 13.0. The van der Waals surface area contributed by atoms with E-state index in [1.807, 2.05) is 4.57 Å². The first kappa shape index (κ1) is 22.9. The number of carbonyl (C=O) groups excluding carboxylic acids is 3. The number of carboxylic acid groups (broad SMARTS) is 1. The minimum Gasteiger partial charge on any atom is -0.543 e. The number of oxime groups is 1. The Morgan fingerprint density at radius 3 is 3.00 bits per heavy atom. The highest BCUT2D eigenvalue weighted by atomic mass is 32.2. The summed E-state index contributed by atoms with van der Waals surface area (Å²) >= 11 is 2.47. The molecule has 14 heteroatoms. The zero-order valence-electron chi connectivity index (χ0n) is 18.2. The van der Waals surface area contributed by atoms with Gasteiger partial charge in [0.25, 0.3) is 17.3 Å². The Morgan fingerprint density at radius 2 is 2.29 bits per heavy atom. The predicted molar refractivity (Wildman–Crippen MR) is 124 cm³/mol. The SMILES string of the molecule is CON=C(C(=O)NC1C(=O)N2C(C(=O)[O-])=C(C[n+]3cccc4occc43)CS[C@H]12)c1csc(N)n1. The number of hydrogen-bond acceptors (Lipinski definition) is 11. The molecule has 2 atom stereocenters. The first-order chi connectivity index (χ1) is 16.9. The third-order valence-corrected chi connectivity index (χ3v) is 7.56. The average molecular weight is 515 g/mol. The Labute approximate surface area is 206 Å². The maximum Gasteiger partial charge on any atom is 0.276 e. The van der Waals surface area contributed by atoms with Crippen LogP contribution in [0.15, 0.2) is 56.9 Å². The standard InChI is InChI=1S/C21H18N6O6S2/c1-32-25-14(11-9-35-21(22)23-11)17(28)24-15-18(29)27-16(20(30)31)10(8-34-19(15)27)7-26-5-2-3-13-12(26)4-6-33-13/h2-6,9,15,19H,7-8H2,1H3,(H3-,22,23,24,28,30,31)/t15?,19-/m1/s1. The number of carboxylic acids is 1. The van der Waals surface area contributed by atoms with Crippen molar-refractivity contribution < 1.29 is 33.3 Å². The number of furan rings is 1. The topological polar surface area (TPSA) is 167 Å². The second-order valence-electron chi connectivity index (χ2n) is 7.60. The van der Waals surface area contributed by atoms with Crippen molar-refractivity contribution in [2.45, 2.75) is 18.0 Å². The van der Waals surface area contributed by atoms with E-state index in [-0.39, 0.29) is 28.8 Å². The number of carbonyl (C=O) groups is 3. The minimum atomic E-state index is -1.46. The molecule has 3 aromatic rings. The van der Waals surface area contributed by atoms with Crippen LogP contribution in [0.3, 0.4) is 0 Å². The minimum absolute atomic E-state index is 0.145. The van der Waals surface area contributed by atoms with Gasteiger partial charge in [0, 0.05) is 28.8 Å². The molecule has 1 fully saturated rings. The van der Waals surface area contributed by atoms with Crippen molar-refractivity contribution in [2.75, 3.05) is 18.6 Å². The third-order valence-electron chi connectivity index (χ3n) is 5.55. The first-order valence-electron chi connectivity index (χ1n) is 10.3. The van der Waals surface area contributed by atoms with E-state index in [4.69, 9.17) is 15.0 Å². The van der Waals surface area contributed by atoms with E-state index in [1.165, 1.54) is 18.9 Å². The lowest BCUT2D eigenvalue weighted by Crippen LogP contribution is -2.71. The zero-order chi connectivity index (χ0) is 24.7. The fourth-order valence-corrected chi connectivity index (χ4v) is 5.91. The number of nitrogen functional groups attached to an aromatic ring is 1. The molecule has 1 saturated heterocycles. The Morgan fingerprint density at radius 1 is 1.46 bits per heavy atom. The Balaban J connectivity index is 1.38. The van der Waals surface area contributed by atoms with Gasteiger partial charge in [0.2, 0.25) is 0 Å². The van der Waals surface area contributed by atoms with Gasteiger partial charge in [-0.2, -0.15) is 4.57 Å². The second-order valence-corrected chi connectivity index (χ2v) is 9.59. The zero-order valence-corrected chi connectivity index (χ0v) is 19.8. The van der Waals surface area contributed by atoms with Crippen LogP contribution in [0.2, 0.25) is 0 Å². The van der Waals surface area contributed by atoms with E-state index in [2.05, 4.69) is 15.5 Å². The summed E-state index contributed by atoms with van der Waals surface area (Å²) in [5.41, 5.74) is 7.47. The number of β-lactam (4-membered cyclic amide) rings is 1. The van der Waals surface area contributed by atoms with E-state index in [0.29, 0.717) is 16.9 Å². The van der Waals surface area contributed by atoms with Crippen LogP contribution >= 0.6 is 23.1 Å². The third kappa shape index (κ3) is 4.00. The van der Waals surface area contributed by atoms with Crippen molar-refractivity contribution in [2.24, 2.45) is 5.16 Å². The van der Waals surface area contributed by atoms with Crippen LogP contribution < -0.4 is 20.7 Å². The molecule has 2 amide bonds. The van der Waals surface area contributed by atoms with E-state index in [0.717, 1.165) is 21.8 Å². The van der Waals surface area contributed by atoms with Gasteiger partial charge in [-0.1, -0.05) is 5.16 Å². The number of amides is 2. The molecular weight excluding hydrogens is 496 g/mol. The molecule has 0 aromatic carbocycles. The number of hydrogen-bond donors (Lipinski definition) is 2. The summed E-state index contributed by atoms with van der Waals surface area (Å²) in [5.74, 6) is -2.38. The molecule has 2 aliphatic heterocycles. The van der Waals surface area contributed by atoms with Gasteiger partial charge >= 0.3 is 0 Å². The van der Waals surface area contributed by atoms with E-state index in [9.17, 15) is 19.5 Å². The van der Waals surface area contributed by atoms with Crippen LogP contribution in [-0.4, -0.2) is 57.7 Å². The molecule has 0 saturated carbocycles. The molecule has 3 aromatic heterocycles. The van der Waals surface area contributed by atoms with Crippen molar-refractivity contribution in [3.63, 3.8) is 0 Å². The number of anilines is 1. The average Bonchev–Trinajstić information content (AvgIpc) is 3.49. The number of aliphatic carboxylic acids is 1. The van der Waals surface area contributed by atoms with Crippen molar-refractivity contribution >= 4 is 62.8 Å². The van der Waals surface area contributed by atoms with Crippen molar-refractivity contribution in [3.8, 4) is 0 Å². The van der Waals surface area contributed by atoms with Crippen molar-refractivity contribution in [1.29, 1.82) is 0 Å². The van der Waals surface area contributed by atoms with Crippen molar-refractivity contribution in [3.05, 3.63) is 53.0 Å². The van der Waals surface area contributed by atoms with Crippen LogP contribution in [0, 0.1) is 0 Å². The summed E-state index contributed by atoms with van der Waals surface area (Å²) in [5, 5.41) is 19.6. The smallest absolute Gasteiger partial charge is 0.276 e. The highest BCUT2D eigenvalue weighted by Crippen LogP contribution is 2.40. The normalized spacial score (nSPS) is 20.0. The van der Waals surface area contributed by atoms with Gasteiger partial charge in [-0.3, -0.25) is 14.5 Å². The number of nitrogens with two attached hydrogens (primary N) is 1. The van der Waals surface area contributed by atoms with Crippen LogP contribution in [0.1, 0.15) is 5.69 Å². The van der Waals surface area contributed by atoms with Gasteiger partial charge < -0.3 is 30.2 Å². The molecule has 2 aliphatic rings. The van der Waals surface area contributed by atoms with Gasteiger partial charge in [-0.15, -0.1) is 23.1 Å². The summed E-state index contributed by atoms with van der Waals surface area (Å²) in [6, 6.07) is 4.42. The monoisotopic (exact) mass is 514 g/mol. The molecule has 5 rings (SSSR count). The highest BCUT2D eigenvalue weighted by molar-refractivity contribution is 8.00. The largest absolute Gasteiger partial charge is 0.543 e. The molecular formula is C21H18N6O6S2. The molecule has 5 heterocycles. The lowest BCUT2D eigenvalue weighted by molar-refractivity contribution is -0.663. The fraction of sp³-hybridized carbons (Fsp3) is 0.238.